The van der Waals surface area contributed by atoms with E-state index in [0.717, 1.165) is 30.7 Å². The molecule has 1 aliphatic rings. The third-order valence-electron chi connectivity index (χ3n) is 5.00. The summed E-state index contributed by atoms with van der Waals surface area (Å²) in [6.45, 7) is 2.32. The van der Waals surface area contributed by atoms with E-state index in [9.17, 15) is 13.2 Å². The smallest absolute Gasteiger partial charge is 0.263 e. The Labute approximate surface area is 186 Å². The summed E-state index contributed by atoms with van der Waals surface area (Å²) in [5.41, 5.74) is 2.14. The average molecular weight is 453 g/mol. The molecule has 9 nitrogen and oxygen atoms in total. The fourth-order valence-corrected chi connectivity index (χ4v) is 4.70. The number of fused-ring (bicyclic) bond motifs is 1. The lowest BCUT2D eigenvalue weighted by molar-refractivity contribution is -0.116. The lowest BCUT2D eigenvalue weighted by atomic mass is 10.1. The first-order valence-corrected chi connectivity index (χ1v) is 11.9. The van der Waals surface area contributed by atoms with Crippen LogP contribution >= 0.6 is 0 Å². The number of nitrogens with zero attached hydrogens (tertiary/aromatic N) is 3. The van der Waals surface area contributed by atoms with Crippen molar-refractivity contribution in [2.75, 3.05) is 11.9 Å². The maximum Gasteiger partial charge on any atom is 0.263 e. The quantitative estimate of drug-likeness (QED) is 0.453. The van der Waals surface area contributed by atoms with Crippen molar-refractivity contribution in [3.63, 3.8) is 0 Å². The van der Waals surface area contributed by atoms with Crippen molar-refractivity contribution in [3.05, 3.63) is 59.9 Å². The number of carbonyl (C=O) groups is 1. The van der Waals surface area contributed by atoms with Gasteiger partial charge < -0.3 is 5.32 Å². The summed E-state index contributed by atoms with van der Waals surface area (Å²) in [4.78, 5) is 21.2. The molecule has 0 spiro atoms. The first kappa shape index (κ1) is 21.7. The van der Waals surface area contributed by atoms with Gasteiger partial charge >= 0.3 is 0 Å². The van der Waals surface area contributed by atoms with E-state index in [2.05, 4.69) is 30.2 Å². The summed E-state index contributed by atoms with van der Waals surface area (Å²) < 4.78 is 26.7. The van der Waals surface area contributed by atoms with Crippen LogP contribution in [-0.4, -0.2) is 41.9 Å². The first-order valence-electron chi connectivity index (χ1n) is 10.4. The van der Waals surface area contributed by atoms with Crippen LogP contribution in [0.25, 0.3) is 11.4 Å². The number of unbranched alkanes of at least 4 members (excludes halogenated alkanes) is 2. The molecular weight excluding hydrogens is 428 g/mol. The highest BCUT2D eigenvalue weighted by molar-refractivity contribution is 7.90. The fraction of sp³-hybridized carbons (Fsp3) is 0.273. The van der Waals surface area contributed by atoms with Gasteiger partial charge in [0.2, 0.25) is 5.91 Å². The summed E-state index contributed by atoms with van der Waals surface area (Å²) in [6.07, 6.45) is 2.70. The third-order valence-corrected chi connectivity index (χ3v) is 6.39. The van der Waals surface area contributed by atoms with Gasteiger partial charge in [0, 0.05) is 29.8 Å². The molecule has 4 rings (SSSR count). The molecule has 2 aromatic carbocycles. The second kappa shape index (κ2) is 9.31. The number of amidine groups is 1. The third kappa shape index (κ3) is 5.02. The van der Waals surface area contributed by atoms with E-state index in [-0.39, 0.29) is 10.8 Å². The SMILES string of the molecule is Cc1nc(-c2cccc(NC(=O)CCCCCN=C3NS(=O)(=O)c4ccccc43)c2)n[nH]1. The zero-order valence-electron chi connectivity index (χ0n) is 17.6. The van der Waals surface area contributed by atoms with Crippen LogP contribution < -0.4 is 10.0 Å². The molecule has 0 atom stereocenters. The van der Waals surface area contributed by atoms with Crippen LogP contribution in [-0.2, 0) is 14.8 Å². The second-order valence-electron chi connectivity index (χ2n) is 7.52. The Morgan fingerprint density at radius 2 is 1.94 bits per heavy atom. The van der Waals surface area contributed by atoms with Gasteiger partial charge in [0.15, 0.2) is 5.82 Å². The highest BCUT2D eigenvalue weighted by atomic mass is 32.2. The molecule has 166 valence electrons. The van der Waals surface area contributed by atoms with Crippen LogP contribution in [0.15, 0.2) is 58.4 Å². The highest BCUT2D eigenvalue weighted by Gasteiger charge is 2.29. The minimum atomic E-state index is -3.51. The number of nitrogens with one attached hydrogen (secondary N) is 3. The van der Waals surface area contributed by atoms with Crippen LogP contribution in [0, 0.1) is 6.92 Å². The molecule has 0 fully saturated rings. The first-order chi connectivity index (χ1) is 15.4. The standard InChI is InChI=1S/C22H24N6O3S/c1-15-24-21(27-26-15)16-8-7-9-17(14-16)25-20(29)12-3-2-6-13-23-22-18-10-4-5-11-19(18)32(30,31)28-22/h4-5,7-11,14H,2-3,6,12-13H2,1H3,(H,23,28)(H,25,29)(H,24,26,27). The van der Waals surface area contributed by atoms with E-state index in [1.165, 1.54) is 0 Å². The van der Waals surface area contributed by atoms with E-state index in [1.807, 2.05) is 31.2 Å². The summed E-state index contributed by atoms with van der Waals surface area (Å²) in [6, 6.07) is 14.2. The lowest BCUT2D eigenvalue weighted by Gasteiger charge is -2.06. The van der Waals surface area contributed by atoms with Crippen molar-refractivity contribution in [3.8, 4) is 11.4 Å². The number of H-pyrrole nitrogens is 1. The summed E-state index contributed by atoms with van der Waals surface area (Å²) in [7, 11) is -3.51. The Hall–Kier alpha value is -3.53. The Balaban J connectivity index is 1.22. The molecule has 1 aliphatic heterocycles. The monoisotopic (exact) mass is 452 g/mol. The minimum absolute atomic E-state index is 0.0582. The molecule has 0 saturated heterocycles. The van der Waals surface area contributed by atoms with Crippen molar-refractivity contribution in [1.29, 1.82) is 0 Å². The molecule has 10 heteroatoms. The number of benzene rings is 2. The van der Waals surface area contributed by atoms with E-state index in [0.29, 0.717) is 35.9 Å². The Kier molecular flexibility index (Phi) is 6.31. The number of aromatic amines is 1. The largest absolute Gasteiger partial charge is 0.326 e. The molecule has 32 heavy (non-hydrogen) atoms. The van der Waals surface area contributed by atoms with E-state index >= 15 is 0 Å². The number of hydrogen-bond acceptors (Lipinski definition) is 6. The number of anilines is 1. The molecule has 2 heterocycles. The van der Waals surface area contributed by atoms with Crippen molar-refractivity contribution >= 4 is 27.5 Å². The van der Waals surface area contributed by atoms with Gasteiger partial charge in [-0.15, -0.1) is 0 Å². The van der Waals surface area contributed by atoms with Crippen molar-refractivity contribution < 1.29 is 13.2 Å². The van der Waals surface area contributed by atoms with Gasteiger partial charge in [0.05, 0.1) is 4.90 Å². The molecule has 0 unspecified atom stereocenters. The zero-order valence-corrected chi connectivity index (χ0v) is 18.4. The maximum absolute atomic E-state index is 12.3. The maximum atomic E-state index is 12.3. The Morgan fingerprint density at radius 3 is 2.75 bits per heavy atom. The number of hydrogen-bond donors (Lipinski definition) is 3. The van der Waals surface area contributed by atoms with Gasteiger partial charge in [-0.1, -0.05) is 30.7 Å². The van der Waals surface area contributed by atoms with Crippen LogP contribution in [0.4, 0.5) is 5.69 Å². The summed E-state index contributed by atoms with van der Waals surface area (Å²) in [5, 5.41) is 9.85. The number of carbonyl (C=O) groups excluding carboxylic acids is 1. The van der Waals surface area contributed by atoms with Gasteiger partial charge in [-0.2, -0.15) is 5.10 Å². The number of sulfonamides is 1. The van der Waals surface area contributed by atoms with Crippen molar-refractivity contribution in [2.45, 2.75) is 37.5 Å². The normalized spacial score (nSPS) is 15.3. The highest BCUT2D eigenvalue weighted by Crippen LogP contribution is 2.22. The van der Waals surface area contributed by atoms with E-state index in [1.54, 1.807) is 24.3 Å². The minimum Gasteiger partial charge on any atom is -0.326 e. The molecule has 0 aliphatic carbocycles. The number of aliphatic imine (C=N–C) groups is 1. The molecule has 0 bridgehead atoms. The Bertz CT molecular complexity index is 1270. The van der Waals surface area contributed by atoms with Crippen LogP contribution in [0.5, 0.6) is 0 Å². The van der Waals surface area contributed by atoms with Gasteiger partial charge in [0.25, 0.3) is 10.0 Å². The molecular formula is C22H24N6O3S. The molecule has 1 amide bonds. The van der Waals surface area contributed by atoms with Crippen molar-refractivity contribution in [2.24, 2.45) is 4.99 Å². The Morgan fingerprint density at radius 1 is 1.09 bits per heavy atom. The van der Waals surface area contributed by atoms with E-state index in [4.69, 9.17) is 0 Å². The van der Waals surface area contributed by atoms with Crippen LogP contribution in [0.1, 0.15) is 37.1 Å². The zero-order chi connectivity index (χ0) is 22.6. The molecule has 0 saturated carbocycles. The van der Waals surface area contributed by atoms with Crippen LogP contribution in [0.3, 0.4) is 0 Å². The van der Waals surface area contributed by atoms with Crippen molar-refractivity contribution in [1.82, 2.24) is 19.9 Å². The molecule has 0 radical (unpaired) electrons. The lowest BCUT2D eigenvalue weighted by Crippen LogP contribution is -2.22. The summed E-state index contributed by atoms with van der Waals surface area (Å²) >= 11 is 0. The van der Waals surface area contributed by atoms with Gasteiger partial charge in [0.1, 0.15) is 11.7 Å². The number of rotatable bonds is 8. The fourth-order valence-electron chi connectivity index (χ4n) is 3.45. The number of amides is 1. The van der Waals surface area contributed by atoms with Gasteiger partial charge in [-0.05, 0) is 44.0 Å². The van der Waals surface area contributed by atoms with Gasteiger partial charge in [-0.3, -0.25) is 19.6 Å². The summed E-state index contributed by atoms with van der Waals surface area (Å²) in [5.74, 6) is 1.65. The molecule has 3 aromatic rings. The topological polar surface area (TPSA) is 129 Å². The number of aryl methyl sites for hydroxylation is 1. The van der Waals surface area contributed by atoms with E-state index < -0.39 is 10.0 Å². The molecule has 3 N–H and O–H groups in total. The second-order valence-corrected chi connectivity index (χ2v) is 9.17. The predicted molar refractivity (Wildman–Crippen MR) is 122 cm³/mol. The van der Waals surface area contributed by atoms with Gasteiger partial charge in [-0.25, -0.2) is 13.4 Å². The molecule has 1 aromatic heterocycles. The average Bonchev–Trinajstić information content (AvgIpc) is 3.32. The van der Waals surface area contributed by atoms with Crippen LogP contribution in [0.2, 0.25) is 0 Å². The number of aromatic nitrogens is 3. The predicted octanol–water partition coefficient (Wildman–Crippen LogP) is 3.02.